The van der Waals surface area contributed by atoms with Crippen LogP contribution in [0.25, 0.3) is 11.5 Å². The number of aliphatic hydroxyl groups excluding tert-OH is 1. The first-order valence-electron chi connectivity index (χ1n) is 5.70. The summed E-state index contributed by atoms with van der Waals surface area (Å²) in [5.41, 5.74) is 0.416. The zero-order chi connectivity index (χ0) is 13.4. The lowest BCUT2D eigenvalue weighted by molar-refractivity contribution is 0.191. The number of pyridine rings is 1. The maximum absolute atomic E-state index is 9.46. The molecular weight excluding hydrogens is 291 g/mol. The molecule has 1 aliphatic rings. The first-order valence-corrected chi connectivity index (χ1v) is 6.45. The highest BCUT2D eigenvalue weighted by Crippen LogP contribution is 2.28. The molecule has 2 aromatic rings. The first kappa shape index (κ1) is 12.8. The third-order valence-corrected chi connectivity index (χ3v) is 3.36. The molecule has 0 spiro atoms. The van der Waals surface area contributed by atoms with Crippen molar-refractivity contribution in [3.63, 3.8) is 0 Å². The van der Waals surface area contributed by atoms with Crippen molar-refractivity contribution in [2.45, 2.75) is 18.6 Å². The highest BCUT2D eigenvalue weighted by Gasteiger charge is 2.28. The van der Waals surface area contributed by atoms with Crippen molar-refractivity contribution in [3.05, 3.63) is 28.2 Å². The number of rotatable bonds is 2. The number of nitrogens with one attached hydrogen (secondary N) is 1. The SMILES string of the molecule is O[C@H]1CN[C@@H](c2nc(-c3ncc(Cl)cc3Cl)no2)C1. The number of aliphatic hydroxyl groups is 1. The van der Waals surface area contributed by atoms with E-state index in [1.165, 1.54) is 6.20 Å². The molecule has 0 saturated carbocycles. The van der Waals surface area contributed by atoms with Gasteiger partial charge >= 0.3 is 0 Å². The average molecular weight is 301 g/mol. The molecular formula is C11H10Cl2N4O2. The fourth-order valence-electron chi connectivity index (χ4n) is 1.96. The zero-order valence-electron chi connectivity index (χ0n) is 9.68. The summed E-state index contributed by atoms with van der Waals surface area (Å²) in [6.45, 7) is 0.516. The summed E-state index contributed by atoms with van der Waals surface area (Å²) >= 11 is 11.8. The Morgan fingerprint density at radius 3 is 2.95 bits per heavy atom. The lowest BCUT2D eigenvalue weighted by atomic mass is 10.2. The van der Waals surface area contributed by atoms with Gasteiger partial charge in [0.15, 0.2) is 0 Å². The third-order valence-electron chi connectivity index (χ3n) is 2.87. The third kappa shape index (κ3) is 2.57. The normalized spacial score (nSPS) is 22.9. The van der Waals surface area contributed by atoms with Crippen LogP contribution in [-0.2, 0) is 0 Å². The zero-order valence-corrected chi connectivity index (χ0v) is 11.2. The van der Waals surface area contributed by atoms with Crippen LogP contribution in [0.15, 0.2) is 16.8 Å². The molecule has 3 rings (SSSR count). The van der Waals surface area contributed by atoms with E-state index in [1.54, 1.807) is 6.07 Å². The Kier molecular flexibility index (Phi) is 3.40. The standard InChI is InChI=1S/C11H10Cl2N4O2/c12-5-1-7(13)9(15-3-5)10-16-11(19-17-10)8-2-6(18)4-14-8/h1,3,6,8,14,18H,2,4H2/t6-,8-/m1/s1. The van der Waals surface area contributed by atoms with Gasteiger partial charge < -0.3 is 14.9 Å². The summed E-state index contributed by atoms with van der Waals surface area (Å²) < 4.78 is 5.17. The average Bonchev–Trinajstić information content (AvgIpc) is 2.97. The Morgan fingerprint density at radius 2 is 2.26 bits per heavy atom. The van der Waals surface area contributed by atoms with Gasteiger partial charge in [0.05, 0.1) is 22.2 Å². The molecule has 1 aliphatic heterocycles. The molecule has 0 amide bonds. The quantitative estimate of drug-likeness (QED) is 0.880. The molecule has 0 bridgehead atoms. The Balaban J connectivity index is 1.88. The lowest BCUT2D eigenvalue weighted by Gasteiger charge is -2.01. The van der Waals surface area contributed by atoms with Gasteiger partial charge in [-0.2, -0.15) is 4.98 Å². The summed E-state index contributed by atoms with van der Waals surface area (Å²) in [6.07, 6.45) is 1.62. The van der Waals surface area contributed by atoms with E-state index < -0.39 is 6.10 Å². The van der Waals surface area contributed by atoms with Gasteiger partial charge in [-0.3, -0.25) is 0 Å². The van der Waals surface area contributed by atoms with Gasteiger partial charge in [0.1, 0.15) is 5.69 Å². The summed E-state index contributed by atoms with van der Waals surface area (Å²) in [5, 5.41) is 17.2. The van der Waals surface area contributed by atoms with Crippen LogP contribution in [0.1, 0.15) is 18.4 Å². The molecule has 1 saturated heterocycles. The number of hydrogen-bond acceptors (Lipinski definition) is 6. The van der Waals surface area contributed by atoms with Gasteiger partial charge in [-0.1, -0.05) is 28.4 Å². The van der Waals surface area contributed by atoms with Crippen LogP contribution in [0.3, 0.4) is 0 Å². The molecule has 100 valence electrons. The van der Waals surface area contributed by atoms with Crippen LogP contribution in [0.5, 0.6) is 0 Å². The predicted octanol–water partition coefficient (Wildman–Crippen LogP) is 1.83. The predicted molar refractivity (Wildman–Crippen MR) is 68.9 cm³/mol. The number of nitrogens with zero attached hydrogens (tertiary/aromatic N) is 3. The van der Waals surface area contributed by atoms with Crippen molar-refractivity contribution in [3.8, 4) is 11.5 Å². The van der Waals surface area contributed by atoms with E-state index in [-0.39, 0.29) is 6.04 Å². The fourth-order valence-corrected chi connectivity index (χ4v) is 2.42. The van der Waals surface area contributed by atoms with Crippen molar-refractivity contribution >= 4 is 23.2 Å². The topological polar surface area (TPSA) is 84.1 Å². The molecule has 2 aromatic heterocycles. The van der Waals surface area contributed by atoms with E-state index in [2.05, 4.69) is 20.4 Å². The van der Waals surface area contributed by atoms with Gasteiger partial charge in [0.25, 0.3) is 0 Å². The van der Waals surface area contributed by atoms with Crippen LogP contribution >= 0.6 is 23.2 Å². The molecule has 19 heavy (non-hydrogen) atoms. The van der Waals surface area contributed by atoms with Gasteiger partial charge in [0, 0.05) is 12.7 Å². The van der Waals surface area contributed by atoms with Crippen LogP contribution in [0.4, 0.5) is 0 Å². The highest BCUT2D eigenvalue weighted by atomic mass is 35.5. The molecule has 8 heteroatoms. The summed E-state index contributed by atoms with van der Waals surface area (Å²) in [7, 11) is 0. The molecule has 0 radical (unpaired) electrons. The molecule has 0 aliphatic carbocycles. The second kappa shape index (κ2) is 5.05. The second-order valence-corrected chi connectivity index (χ2v) is 5.13. The van der Waals surface area contributed by atoms with E-state index in [0.29, 0.717) is 40.4 Å². The van der Waals surface area contributed by atoms with E-state index >= 15 is 0 Å². The van der Waals surface area contributed by atoms with Crippen LogP contribution in [-0.4, -0.2) is 32.9 Å². The summed E-state index contributed by atoms with van der Waals surface area (Å²) in [5.74, 6) is 0.722. The highest BCUT2D eigenvalue weighted by molar-refractivity contribution is 6.35. The minimum absolute atomic E-state index is 0.137. The van der Waals surface area contributed by atoms with Crippen LogP contribution in [0, 0.1) is 0 Å². The van der Waals surface area contributed by atoms with Crippen LogP contribution in [0.2, 0.25) is 10.0 Å². The molecule has 2 atom stereocenters. The molecule has 2 N–H and O–H groups in total. The number of halogens is 2. The van der Waals surface area contributed by atoms with Gasteiger partial charge in [-0.15, -0.1) is 0 Å². The largest absolute Gasteiger partial charge is 0.392 e. The van der Waals surface area contributed by atoms with E-state index in [4.69, 9.17) is 27.7 Å². The Morgan fingerprint density at radius 1 is 1.42 bits per heavy atom. The molecule has 0 aromatic carbocycles. The van der Waals surface area contributed by atoms with E-state index in [0.717, 1.165) is 0 Å². The van der Waals surface area contributed by atoms with Crippen LogP contribution < -0.4 is 5.32 Å². The maximum Gasteiger partial charge on any atom is 0.244 e. The smallest absolute Gasteiger partial charge is 0.244 e. The summed E-state index contributed by atoms with van der Waals surface area (Å²) in [4.78, 5) is 8.33. The monoisotopic (exact) mass is 300 g/mol. The van der Waals surface area contributed by atoms with Crippen molar-refractivity contribution in [2.24, 2.45) is 0 Å². The van der Waals surface area contributed by atoms with Crippen molar-refractivity contribution in [1.82, 2.24) is 20.4 Å². The minimum atomic E-state index is -0.391. The minimum Gasteiger partial charge on any atom is -0.392 e. The number of aromatic nitrogens is 3. The van der Waals surface area contributed by atoms with Crippen molar-refractivity contribution < 1.29 is 9.63 Å². The molecule has 0 unspecified atom stereocenters. The first-order chi connectivity index (χ1) is 9.13. The Labute approximate surface area is 118 Å². The van der Waals surface area contributed by atoms with Crippen molar-refractivity contribution in [1.29, 1.82) is 0 Å². The fraction of sp³-hybridized carbons (Fsp3) is 0.364. The Hall–Kier alpha value is -1.21. The second-order valence-electron chi connectivity index (χ2n) is 4.29. The Bertz CT molecular complexity index is 604. The molecule has 3 heterocycles. The number of hydrogen-bond donors (Lipinski definition) is 2. The van der Waals surface area contributed by atoms with Gasteiger partial charge in [-0.25, -0.2) is 4.98 Å². The lowest BCUT2D eigenvalue weighted by Crippen LogP contribution is -2.15. The molecule has 6 nitrogen and oxygen atoms in total. The van der Waals surface area contributed by atoms with Crippen molar-refractivity contribution in [2.75, 3.05) is 6.54 Å². The van der Waals surface area contributed by atoms with E-state index in [9.17, 15) is 5.11 Å². The number of β-amino-alcohol motifs (C(OH)–C–C–N with tert-alkyl or cyclic N) is 1. The maximum atomic E-state index is 9.46. The van der Waals surface area contributed by atoms with Gasteiger partial charge in [-0.05, 0) is 12.5 Å². The molecule has 1 fully saturated rings. The van der Waals surface area contributed by atoms with Gasteiger partial charge in [0.2, 0.25) is 11.7 Å². The van der Waals surface area contributed by atoms with E-state index in [1.807, 2.05) is 0 Å². The summed E-state index contributed by atoms with van der Waals surface area (Å²) in [6, 6.07) is 1.43.